The van der Waals surface area contributed by atoms with Gasteiger partial charge in [-0.2, -0.15) is 4.31 Å². The number of sulfonamides is 1. The van der Waals surface area contributed by atoms with Gasteiger partial charge in [0, 0.05) is 24.5 Å². The first-order valence-corrected chi connectivity index (χ1v) is 9.16. The second-order valence-electron chi connectivity index (χ2n) is 5.29. The van der Waals surface area contributed by atoms with Crippen molar-refractivity contribution in [2.24, 2.45) is 0 Å². The molecule has 0 bridgehead atoms. The average Bonchev–Trinajstić information content (AvgIpc) is 2.88. The van der Waals surface area contributed by atoms with E-state index in [1.165, 1.54) is 11.3 Å². The summed E-state index contributed by atoms with van der Waals surface area (Å²) in [6.45, 7) is 2.50. The summed E-state index contributed by atoms with van der Waals surface area (Å²) < 4.78 is 27.1. The second-order valence-corrected chi connectivity index (χ2v) is 8.26. The second kappa shape index (κ2) is 6.53. The number of thiophene rings is 1. The molecule has 0 aliphatic carbocycles. The molecular weight excluding hydrogens is 294 g/mol. The van der Waals surface area contributed by atoms with Gasteiger partial charge in [0.05, 0.1) is 4.90 Å². The molecule has 20 heavy (non-hydrogen) atoms. The van der Waals surface area contributed by atoms with Gasteiger partial charge in [0.2, 0.25) is 10.0 Å². The average molecular weight is 317 g/mol. The smallest absolute Gasteiger partial charge is 0.244 e. The van der Waals surface area contributed by atoms with Gasteiger partial charge in [-0.3, -0.25) is 0 Å². The summed E-state index contributed by atoms with van der Waals surface area (Å²) in [7, 11) is 2.24. The zero-order valence-electron chi connectivity index (χ0n) is 12.3. The Morgan fingerprint density at radius 3 is 2.70 bits per heavy atom. The van der Waals surface area contributed by atoms with Crippen LogP contribution in [0.25, 0.3) is 0 Å². The van der Waals surface area contributed by atoms with Crippen molar-refractivity contribution in [3.63, 3.8) is 0 Å². The lowest BCUT2D eigenvalue weighted by Gasteiger charge is -2.34. The van der Waals surface area contributed by atoms with Crippen molar-refractivity contribution in [3.05, 3.63) is 16.3 Å². The van der Waals surface area contributed by atoms with Gasteiger partial charge in [-0.15, -0.1) is 11.3 Å². The van der Waals surface area contributed by atoms with Gasteiger partial charge in [0.25, 0.3) is 0 Å². The fraction of sp³-hybridized carbons (Fsp3) is 0.692. The third-order valence-electron chi connectivity index (χ3n) is 3.90. The van der Waals surface area contributed by atoms with Crippen LogP contribution in [0.4, 0.5) is 0 Å². The molecule has 2 heterocycles. The van der Waals surface area contributed by atoms with E-state index in [1.54, 1.807) is 17.4 Å². The fourth-order valence-corrected chi connectivity index (χ4v) is 5.40. The Labute approximate surface area is 125 Å². The van der Waals surface area contributed by atoms with Gasteiger partial charge in [0.1, 0.15) is 0 Å². The van der Waals surface area contributed by atoms with Gasteiger partial charge in [-0.1, -0.05) is 0 Å². The maximum atomic E-state index is 12.8. The van der Waals surface area contributed by atoms with Crippen LogP contribution >= 0.6 is 11.3 Å². The van der Waals surface area contributed by atoms with Crippen molar-refractivity contribution in [1.29, 1.82) is 0 Å². The lowest BCUT2D eigenvalue weighted by atomic mass is 10.1. The van der Waals surface area contributed by atoms with E-state index >= 15 is 0 Å². The van der Waals surface area contributed by atoms with Gasteiger partial charge in [-0.25, -0.2) is 8.42 Å². The molecule has 2 rings (SSSR count). The predicted molar refractivity (Wildman–Crippen MR) is 82.6 cm³/mol. The number of nitrogens with one attached hydrogen (secondary N) is 1. The molecule has 0 spiro atoms. The van der Waals surface area contributed by atoms with E-state index < -0.39 is 10.0 Å². The minimum Gasteiger partial charge on any atom is -0.315 e. The number of hydrogen-bond acceptors (Lipinski definition) is 5. The molecule has 1 fully saturated rings. The van der Waals surface area contributed by atoms with Crippen LogP contribution in [-0.4, -0.2) is 57.9 Å². The summed E-state index contributed by atoms with van der Waals surface area (Å²) >= 11 is 1.49. The molecule has 5 nitrogen and oxygen atoms in total. The lowest BCUT2D eigenvalue weighted by Crippen LogP contribution is -2.44. The summed E-state index contributed by atoms with van der Waals surface area (Å²) in [5.41, 5.74) is 0. The molecule has 0 unspecified atom stereocenters. The third kappa shape index (κ3) is 3.23. The minimum absolute atomic E-state index is 0.110. The number of hydrogen-bond donors (Lipinski definition) is 1. The molecule has 1 aromatic heterocycles. The van der Waals surface area contributed by atoms with Crippen LogP contribution in [0.1, 0.15) is 17.7 Å². The Balaban J connectivity index is 2.18. The highest BCUT2D eigenvalue weighted by atomic mass is 32.2. The fourth-order valence-electron chi connectivity index (χ4n) is 2.56. The molecule has 1 N–H and O–H groups in total. The van der Waals surface area contributed by atoms with E-state index in [4.69, 9.17) is 0 Å². The SMILES string of the molecule is CNCc1sccc1S(=O)(=O)N(C)C1CCN(C)CC1. The van der Waals surface area contributed by atoms with E-state index in [-0.39, 0.29) is 6.04 Å². The van der Waals surface area contributed by atoms with Gasteiger partial charge in [0.15, 0.2) is 0 Å². The van der Waals surface area contributed by atoms with Crippen LogP contribution in [0.5, 0.6) is 0 Å². The first-order valence-electron chi connectivity index (χ1n) is 6.84. The number of nitrogens with zero attached hydrogens (tertiary/aromatic N) is 2. The summed E-state index contributed by atoms with van der Waals surface area (Å²) in [6.07, 6.45) is 1.80. The molecule has 0 amide bonds. The van der Waals surface area contributed by atoms with Crippen molar-refractivity contribution in [3.8, 4) is 0 Å². The Morgan fingerprint density at radius 1 is 1.45 bits per heavy atom. The number of rotatable bonds is 5. The molecule has 0 atom stereocenters. The summed E-state index contributed by atoms with van der Waals surface area (Å²) in [6, 6.07) is 1.83. The third-order valence-corrected chi connectivity index (χ3v) is 6.95. The van der Waals surface area contributed by atoms with Crippen molar-refractivity contribution in [2.45, 2.75) is 30.3 Å². The molecule has 0 saturated carbocycles. The van der Waals surface area contributed by atoms with Crippen LogP contribution in [0.3, 0.4) is 0 Å². The highest BCUT2D eigenvalue weighted by Crippen LogP contribution is 2.27. The largest absolute Gasteiger partial charge is 0.315 e. The van der Waals surface area contributed by atoms with Crippen LogP contribution < -0.4 is 5.32 Å². The van der Waals surface area contributed by atoms with Crippen molar-refractivity contribution in [1.82, 2.24) is 14.5 Å². The molecule has 1 aromatic rings. The van der Waals surface area contributed by atoms with E-state index in [9.17, 15) is 8.42 Å². The Hall–Kier alpha value is -0.470. The van der Waals surface area contributed by atoms with Gasteiger partial charge in [-0.05, 0) is 51.5 Å². The maximum Gasteiger partial charge on any atom is 0.244 e. The van der Waals surface area contributed by atoms with Crippen molar-refractivity contribution >= 4 is 21.4 Å². The highest BCUT2D eigenvalue weighted by molar-refractivity contribution is 7.89. The normalized spacial score (nSPS) is 18.8. The molecule has 1 aliphatic rings. The maximum absolute atomic E-state index is 12.8. The van der Waals surface area contributed by atoms with E-state index in [0.29, 0.717) is 11.4 Å². The van der Waals surface area contributed by atoms with Gasteiger partial charge < -0.3 is 10.2 Å². The van der Waals surface area contributed by atoms with Crippen LogP contribution in [0, 0.1) is 0 Å². The Bertz CT molecular complexity index is 534. The van der Waals surface area contributed by atoms with Crippen LogP contribution in [0.2, 0.25) is 0 Å². The van der Waals surface area contributed by atoms with Crippen molar-refractivity contribution < 1.29 is 8.42 Å². The lowest BCUT2D eigenvalue weighted by molar-refractivity contribution is 0.197. The molecule has 1 saturated heterocycles. The zero-order chi connectivity index (χ0) is 14.8. The molecular formula is C13H23N3O2S2. The number of likely N-dealkylation sites (tertiary alicyclic amines) is 1. The van der Waals surface area contributed by atoms with Crippen molar-refractivity contribution in [2.75, 3.05) is 34.2 Å². The molecule has 1 aliphatic heterocycles. The topological polar surface area (TPSA) is 52.7 Å². The van der Waals surface area contributed by atoms with Crippen LogP contribution in [0.15, 0.2) is 16.3 Å². The molecule has 0 aromatic carbocycles. The Kier molecular flexibility index (Phi) is 5.19. The summed E-state index contributed by atoms with van der Waals surface area (Å²) in [5, 5.41) is 4.88. The van der Waals surface area contributed by atoms with E-state index in [1.807, 2.05) is 12.4 Å². The minimum atomic E-state index is -3.38. The highest BCUT2D eigenvalue weighted by Gasteiger charge is 2.31. The Morgan fingerprint density at radius 2 is 2.10 bits per heavy atom. The van der Waals surface area contributed by atoms with Crippen LogP contribution in [-0.2, 0) is 16.6 Å². The zero-order valence-corrected chi connectivity index (χ0v) is 13.9. The quantitative estimate of drug-likeness (QED) is 0.886. The number of piperidine rings is 1. The summed E-state index contributed by atoms with van der Waals surface area (Å²) in [5.74, 6) is 0. The van der Waals surface area contributed by atoms with Gasteiger partial charge >= 0.3 is 0 Å². The summed E-state index contributed by atoms with van der Waals surface area (Å²) in [4.78, 5) is 3.58. The standard InChI is InChI=1S/C13H23N3O2S2/c1-14-10-12-13(6-9-19-12)20(17,18)16(3)11-4-7-15(2)8-5-11/h6,9,11,14H,4-5,7-8,10H2,1-3H3. The van der Waals surface area contributed by atoms with E-state index in [2.05, 4.69) is 17.3 Å². The van der Waals surface area contributed by atoms with E-state index in [0.717, 1.165) is 30.8 Å². The molecule has 0 radical (unpaired) electrons. The monoisotopic (exact) mass is 317 g/mol. The molecule has 7 heteroatoms. The first-order chi connectivity index (χ1) is 9.46. The molecule has 114 valence electrons. The first kappa shape index (κ1) is 15.9. The predicted octanol–water partition coefficient (Wildman–Crippen LogP) is 1.18.